The Morgan fingerprint density at radius 3 is 2.55 bits per heavy atom. The number of rotatable bonds is 5. The van der Waals surface area contributed by atoms with Gasteiger partial charge in [-0.15, -0.1) is 0 Å². The number of hydrogen-bond donors (Lipinski definition) is 4. The van der Waals surface area contributed by atoms with Crippen LogP contribution in [0.2, 0.25) is 0 Å². The molecule has 1 aliphatic heterocycles. The summed E-state index contributed by atoms with van der Waals surface area (Å²) in [5.41, 5.74) is 6.58. The first-order valence-electron chi connectivity index (χ1n) is 14.7. The number of aromatic nitrogens is 1. The lowest BCUT2D eigenvalue weighted by Gasteiger charge is -2.47. The molecule has 1 aromatic rings. The van der Waals surface area contributed by atoms with Crippen LogP contribution in [-0.4, -0.2) is 77.0 Å². The lowest BCUT2D eigenvalue weighted by atomic mass is 9.64. The summed E-state index contributed by atoms with van der Waals surface area (Å²) in [6.45, 7) is 7.36. The maximum atomic E-state index is 13.2. The first-order chi connectivity index (χ1) is 19.9. The zero-order valence-corrected chi connectivity index (χ0v) is 24.8. The van der Waals surface area contributed by atoms with Crippen molar-refractivity contribution in [3.63, 3.8) is 0 Å². The van der Waals surface area contributed by atoms with Crippen molar-refractivity contribution >= 4 is 18.0 Å². The molecule has 12 atom stereocenters. The third-order valence-electron chi connectivity index (χ3n) is 9.37. The molecule has 2 heterocycles. The predicted molar refractivity (Wildman–Crippen MR) is 152 cm³/mol. The number of primary amides is 1. The molecule has 0 unspecified atom stereocenters. The van der Waals surface area contributed by atoms with Crippen molar-refractivity contribution in [1.82, 2.24) is 4.98 Å². The fourth-order valence-corrected chi connectivity index (χ4v) is 7.10. The number of hydrogen-bond acceptors (Lipinski definition) is 9. The van der Waals surface area contributed by atoms with Gasteiger partial charge in [-0.05, 0) is 63.0 Å². The number of fused-ring (bicyclic) bond motifs is 2. The normalized spacial score (nSPS) is 39.9. The summed E-state index contributed by atoms with van der Waals surface area (Å²) in [6, 6.07) is 3.28. The second-order valence-electron chi connectivity index (χ2n) is 12.0. The van der Waals surface area contributed by atoms with E-state index < -0.39 is 66.5 Å². The molecule has 4 rings (SSSR count). The summed E-state index contributed by atoms with van der Waals surface area (Å²) in [5.74, 6) is -2.75. The number of carbonyl (C=O) groups is 3. The van der Waals surface area contributed by atoms with Gasteiger partial charge in [-0.1, -0.05) is 37.6 Å². The lowest BCUT2D eigenvalue weighted by Crippen LogP contribution is -2.55. The van der Waals surface area contributed by atoms with Gasteiger partial charge in [-0.25, -0.2) is 14.4 Å². The summed E-state index contributed by atoms with van der Waals surface area (Å²) >= 11 is 0. The molecular weight excluding hydrogens is 544 g/mol. The van der Waals surface area contributed by atoms with Gasteiger partial charge < -0.3 is 39.9 Å². The van der Waals surface area contributed by atoms with Crippen molar-refractivity contribution in [1.29, 1.82) is 0 Å². The number of aliphatic hydroxyl groups is 2. The minimum Gasteiger partial charge on any atom is -0.456 e. The van der Waals surface area contributed by atoms with Gasteiger partial charge in [0, 0.05) is 31.1 Å². The smallest absolute Gasteiger partial charge is 0.404 e. The van der Waals surface area contributed by atoms with E-state index in [0.29, 0.717) is 19.3 Å². The van der Waals surface area contributed by atoms with E-state index >= 15 is 0 Å². The van der Waals surface area contributed by atoms with Crippen molar-refractivity contribution in [3.05, 3.63) is 47.8 Å². The number of esters is 2. The summed E-state index contributed by atoms with van der Waals surface area (Å²) in [5, 5.41) is 22.9. The van der Waals surface area contributed by atoms with Gasteiger partial charge in [0.25, 0.3) is 0 Å². The average molecular weight is 589 g/mol. The Hall–Kier alpha value is -3.15. The van der Waals surface area contributed by atoms with Crippen LogP contribution >= 0.6 is 0 Å². The van der Waals surface area contributed by atoms with E-state index in [4.69, 9.17) is 24.7 Å². The Morgan fingerprint density at radius 1 is 1.17 bits per heavy atom. The van der Waals surface area contributed by atoms with E-state index in [9.17, 15) is 24.6 Å². The minimum atomic E-state index is -1.02. The average Bonchev–Trinajstić information content (AvgIpc) is 3.47. The van der Waals surface area contributed by atoms with Crippen LogP contribution < -0.4 is 5.73 Å². The number of cyclic esters (lactones) is 1. The molecule has 0 aromatic carbocycles. The number of carbonyl (C=O) groups excluding carboxylic acids is 3. The van der Waals surface area contributed by atoms with Crippen LogP contribution in [-0.2, 0) is 23.7 Å². The minimum absolute atomic E-state index is 0.0179. The largest absolute Gasteiger partial charge is 0.456 e. The number of nitrogens with two attached hydrogens (primary N) is 1. The highest BCUT2D eigenvalue weighted by atomic mass is 16.6. The van der Waals surface area contributed by atoms with Gasteiger partial charge >= 0.3 is 18.0 Å². The maximum Gasteiger partial charge on any atom is 0.404 e. The highest BCUT2D eigenvalue weighted by Crippen LogP contribution is 2.45. The molecule has 2 aliphatic carbocycles. The zero-order chi connectivity index (χ0) is 30.7. The van der Waals surface area contributed by atoms with Crippen LogP contribution in [0.4, 0.5) is 4.79 Å². The molecule has 3 aliphatic rings. The zero-order valence-electron chi connectivity index (χ0n) is 24.8. The van der Waals surface area contributed by atoms with Crippen molar-refractivity contribution in [2.75, 3.05) is 7.11 Å². The predicted octanol–water partition coefficient (Wildman–Crippen LogP) is 3.12. The SMILES string of the molecule is CO[C@H]1C[C@H]2/C=C\[C@H]3[C@@H](O)[C@H](OC(=O)c4ccc[nH]4)[C@H](C)[C@@H](O)[C@H]3CC[C@H]2/C(C)=C/[C@@H](C)[C@@H]([C@@H](C)OC(N)=O)OC1=O. The van der Waals surface area contributed by atoms with E-state index in [0.717, 1.165) is 5.57 Å². The summed E-state index contributed by atoms with van der Waals surface area (Å²) in [4.78, 5) is 40.2. The third-order valence-corrected chi connectivity index (χ3v) is 9.37. The van der Waals surface area contributed by atoms with E-state index in [-0.39, 0.29) is 29.4 Å². The van der Waals surface area contributed by atoms with Crippen LogP contribution in [0, 0.1) is 35.5 Å². The number of ether oxygens (including phenoxy) is 4. The number of aliphatic hydroxyl groups excluding tert-OH is 2. The number of allylic oxidation sites excluding steroid dienone is 2. The van der Waals surface area contributed by atoms with E-state index in [1.54, 1.807) is 32.2 Å². The van der Waals surface area contributed by atoms with Crippen LogP contribution in [0.5, 0.6) is 0 Å². The summed E-state index contributed by atoms with van der Waals surface area (Å²) in [7, 11) is 1.45. The first-order valence-corrected chi connectivity index (χ1v) is 14.7. The van der Waals surface area contributed by atoms with Crippen LogP contribution in [0.1, 0.15) is 57.4 Å². The molecule has 232 valence electrons. The van der Waals surface area contributed by atoms with Crippen molar-refractivity contribution in [2.45, 2.75) is 83.6 Å². The molecule has 1 amide bonds. The highest BCUT2D eigenvalue weighted by Gasteiger charge is 2.49. The molecule has 1 fully saturated rings. The van der Waals surface area contributed by atoms with Crippen molar-refractivity contribution in [2.24, 2.45) is 41.2 Å². The van der Waals surface area contributed by atoms with Crippen LogP contribution in [0.15, 0.2) is 42.1 Å². The van der Waals surface area contributed by atoms with E-state index in [1.165, 1.54) is 7.11 Å². The van der Waals surface area contributed by atoms with Crippen molar-refractivity contribution in [3.8, 4) is 0 Å². The summed E-state index contributed by atoms with van der Waals surface area (Å²) in [6.07, 6.45) is 3.11. The molecule has 5 N–H and O–H groups in total. The first kappa shape index (κ1) is 31.8. The Morgan fingerprint density at radius 2 is 1.90 bits per heavy atom. The lowest BCUT2D eigenvalue weighted by molar-refractivity contribution is -0.170. The number of H-pyrrole nitrogens is 1. The van der Waals surface area contributed by atoms with Gasteiger partial charge in [-0.2, -0.15) is 0 Å². The maximum absolute atomic E-state index is 13.2. The third kappa shape index (κ3) is 6.74. The monoisotopic (exact) mass is 588 g/mol. The molecule has 0 bridgehead atoms. The number of methoxy groups -OCH3 is 1. The van der Waals surface area contributed by atoms with Crippen LogP contribution in [0.3, 0.4) is 0 Å². The van der Waals surface area contributed by atoms with E-state index in [2.05, 4.69) is 4.98 Å². The summed E-state index contributed by atoms with van der Waals surface area (Å²) < 4.78 is 22.3. The molecule has 42 heavy (non-hydrogen) atoms. The highest BCUT2D eigenvalue weighted by molar-refractivity contribution is 5.87. The molecule has 0 saturated heterocycles. The topological polar surface area (TPSA) is 170 Å². The molecule has 0 spiro atoms. The fraction of sp³-hybridized carbons (Fsp3) is 0.645. The molecular formula is C31H44N2O9. The number of amides is 1. The van der Waals surface area contributed by atoms with Gasteiger partial charge in [0.2, 0.25) is 0 Å². The Kier molecular flexibility index (Phi) is 10.2. The fourth-order valence-electron chi connectivity index (χ4n) is 7.10. The van der Waals surface area contributed by atoms with E-state index in [1.807, 2.05) is 32.1 Å². The Balaban J connectivity index is 1.64. The second-order valence-corrected chi connectivity index (χ2v) is 12.0. The number of nitrogens with one attached hydrogen (secondary N) is 1. The van der Waals surface area contributed by atoms with Gasteiger partial charge in [0.15, 0.2) is 6.10 Å². The van der Waals surface area contributed by atoms with Crippen LogP contribution in [0.25, 0.3) is 0 Å². The van der Waals surface area contributed by atoms with Crippen molar-refractivity contribution < 1.29 is 43.5 Å². The Bertz CT molecular complexity index is 1170. The van der Waals surface area contributed by atoms with Gasteiger partial charge in [-0.3, -0.25) is 0 Å². The molecule has 11 nitrogen and oxygen atoms in total. The second kappa shape index (κ2) is 13.4. The quantitative estimate of drug-likeness (QED) is 0.229. The molecule has 0 radical (unpaired) electrons. The molecule has 1 aromatic heterocycles. The Labute approximate surface area is 246 Å². The van der Waals surface area contributed by atoms with Gasteiger partial charge in [0.05, 0.1) is 12.2 Å². The molecule has 11 heteroatoms. The standard InChI is InChI=1S/C31H44N2O9/c1-15-13-16(2)27(18(4)40-31(32)38)41-30(37)24(39-5)14-19-8-9-22-21(11-10-20(15)19)25(34)17(3)28(26(22)35)42-29(36)23-7-6-12-33-23/h6-9,12-13,16-22,24-28,33-35H,10-11,14H2,1-5H3,(H2,32,38)/b9-8-,15-13+/t16-,17-,18-,19-,20+,21+,22-,24+,25-,26-,27+,28-/m1/s1. The molecule has 1 saturated carbocycles. The van der Waals surface area contributed by atoms with Gasteiger partial charge in [0.1, 0.15) is 24.0 Å². The number of aromatic amines is 1.